The Hall–Kier alpha value is -3.45. The van der Waals surface area contributed by atoms with Crippen molar-refractivity contribution in [2.24, 2.45) is 0 Å². The summed E-state index contributed by atoms with van der Waals surface area (Å²) in [7, 11) is 0. The minimum atomic E-state index is -0.666. The Morgan fingerprint density at radius 3 is 1.78 bits per heavy atom. The Morgan fingerprint density at radius 1 is 0.667 bits per heavy atom. The van der Waals surface area contributed by atoms with Crippen LogP contribution in [0.4, 0.5) is 0 Å². The van der Waals surface area contributed by atoms with Gasteiger partial charge in [0.1, 0.15) is 18.0 Å². The van der Waals surface area contributed by atoms with E-state index in [9.17, 15) is 4.79 Å². The van der Waals surface area contributed by atoms with Gasteiger partial charge in [-0.1, -0.05) is 91.0 Å². The maximum absolute atomic E-state index is 12.2. The Bertz CT molecular complexity index is 1130. The molecular formula is C30H30O6. The third-order valence-corrected chi connectivity index (χ3v) is 6.25. The van der Waals surface area contributed by atoms with E-state index in [-0.39, 0.29) is 12.4 Å². The number of rotatable bonds is 10. The highest BCUT2D eigenvalue weighted by Crippen LogP contribution is 2.34. The van der Waals surface area contributed by atoms with Gasteiger partial charge >= 0.3 is 5.97 Å². The molecule has 0 saturated carbocycles. The minimum Gasteiger partial charge on any atom is -0.486 e. The van der Waals surface area contributed by atoms with Crippen LogP contribution in [0, 0.1) is 0 Å². The molecule has 0 radical (unpaired) electrons. The van der Waals surface area contributed by atoms with Crippen LogP contribution < -0.4 is 0 Å². The molecule has 0 N–H and O–H groups in total. The van der Waals surface area contributed by atoms with E-state index >= 15 is 0 Å². The fourth-order valence-electron chi connectivity index (χ4n) is 4.43. The third kappa shape index (κ3) is 6.21. The van der Waals surface area contributed by atoms with Crippen molar-refractivity contribution < 1.29 is 28.5 Å². The van der Waals surface area contributed by atoms with Gasteiger partial charge in [0.2, 0.25) is 0 Å². The van der Waals surface area contributed by atoms with Crippen molar-refractivity contribution in [1.29, 1.82) is 0 Å². The van der Waals surface area contributed by atoms with Crippen LogP contribution in [-0.2, 0) is 48.3 Å². The second kappa shape index (κ2) is 12.0. The van der Waals surface area contributed by atoms with Crippen LogP contribution in [0.15, 0.2) is 103 Å². The molecule has 0 unspecified atom stereocenters. The van der Waals surface area contributed by atoms with Crippen LogP contribution in [0.3, 0.4) is 0 Å². The molecule has 6 heteroatoms. The molecule has 0 bridgehead atoms. The highest BCUT2D eigenvalue weighted by atomic mass is 16.6. The SMILES string of the molecule is O=C1CC=C2O[C@H](COCc3ccccc3)[C@@H](OCc3ccccc3)[C@H](OCc3ccccc3)[C@H]2O1. The summed E-state index contributed by atoms with van der Waals surface area (Å²) in [5.41, 5.74) is 3.14. The zero-order valence-corrected chi connectivity index (χ0v) is 20.0. The Balaban J connectivity index is 1.36. The highest BCUT2D eigenvalue weighted by molar-refractivity contribution is 5.73. The van der Waals surface area contributed by atoms with Crippen molar-refractivity contribution in [3.05, 3.63) is 120 Å². The molecule has 186 valence electrons. The van der Waals surface area contributed by atoms with Gasteiger partial charge in [0.15, 0.2) is 12.2 Å². The molecule has 4 atom stereocenters. The molecule has 6 nitrogen and oxygen atoms in total. The van der Waals surface area contributed by atoms with E-state index in [4.69, 9.17) is 23.7 Å². The lowest BCUT2D eigenvalue weighted by molar-refractivity contribution is -0.223. The molecule has 3 aromatic rings. The van der Waals surface area contributed by atoms with Gasteiger partial charge in [-0.3, -0.25) is 4.79 Å². The molecule has 36 heavy (non-hydrogen) atoms. The monoisotopic (exact) mass is 486 g/mol. The van der Waals surface area contributed by atoms with Crippen LogP contribution in [0.5, 0.6) is 0 Å². The maximum Gasteiger partial charge on any atom is 0.310 e. The van der Waals surface area contributed by atoms with Crippen molar-refractivity contribution in [1.82, 2.24) is 0 Å². The van der Waals surface area contributed by atoms with Crippen LogP contribution >= 0.6 is 0 Å². The molecule has 2 heterocycles. The number of carbonyl (C=O) groups is 1. The molecule has 0 aliphatic carbocycles. The van der Waals surface area contributed by atoms with Gasteiger partial charge in [-0.25, -0.2) is 0 Å². The molecule has 0 amide bonds. The average molecular weight is 487 g/mol. The Kier molecular flexibility index (Phi) is 8.08. The lowest BCUT2D eigenvalue weighted by atomic mass is 9.95. The van der Waals surface area contributed by atoms with Gasteiger partial charge < -0.3 is 23.7 Å². The maximum atomic E-state index is 12.2. The summed E-state index contributed by atoms with van der Waals surface area (Å²) in [6.45, 7) is 1.49. The standard InChI is InChI=1S/C30H30O6/c31-27-17-16-25-29(36-27)30(34-20-24-14-8-3-9-15-24)28(33-19-23-12-6-2-7-13-23)26(35-25)21-32-18-22-10-4-1-5-11-22/h1-16,26,28-30H,17-21H2/t26-,28-,29+,30+/m1/s1. The first-order valence-corrected chi connectivity index (χ1v) is 12.2. The number of ether oxygens (including phenoxy) is 5. The van der Waals surface area contributed by atoms with Crippen LogP contribution in [0.25, 0.3) is 0 Å². The van der Waals surface area contributed by atoms with Crippen molar-refractivity contribution >= 4 is 5.97 Å². The number of carbonyl (C=O) groups excluding carboxylic acids is 1. The van der Waals surface area contributed by atoms with Crippen LogP contribution in [0.1, 0.15) is 23.1 Å². The lowest BCUT2D eigenvalue weighted by Gasteiger charge is -2.44. The van der Waals surface area contributed by atoms with Crippen LogP contribution in [0.2, 0.25) is 0 Å². The summed E-state index contributed by atoms with van der Waals surface area (Å²) in [6, 6.07) is 29.9. The van der Waals surface area contributed by atoms with Gasteiger partial charge in [0.25, 0.3) is 0 Å². The van der Waals surface area contributed by atoms with Crippen molar-refractivity contribution in [3.8, 4) is 0 Å². The summed E-state index contributed by atoms with van der Waals surface area (Å²) in [5, 5.41) is 0. The molecular weight excluding hydrogens is 456 g/mol. The normalized spacial score (nSPS) is 23.2. The second-order valence-corrected chi connectivity index (χ2v) is 8.90. The molecule has 0 spiro atoms. The van der Waals surface area contributed by atoms with Gasteiger partial charge in [-0.2, -0.15) is 0 Å². The predicted octanol–water partition coefficient (Wildman–Crippen LogP) is 4.97. The van der Waals surface area contributed by atoms with E-state index in [1.54, 1.807) is 6.08 Å². The fourth-order valence-corrected chi connectivity index (χ4v) is 4.43. The van der Waals surface area contributed by atoms with E-state index in [1.807, 2.05) is 91.0 Å². The van der Waals surface area contributed by atoms with Gasteiger partial charge in [-0.15, -0.1) is 0 Å². The topological polar surface area (TPSA) is 63.2 Å². The van der Waals surface area contributed by atoms with Crippen molar-refractivity contribution in [2.75, 3.05) is 6.61 Å². The van der Waals surface area contributed by atoms with Crippen molar-refractivity contribution in [3.63, 3.8) is 0 Å². The molecule has 5 rings (SSSR count). The summed E-state index contributed by atoms with van der Waals surface area (Å²) in [6.07, 6.45) is -0.211. The van der Waals surface area contributed by atoms with E-state index in [0.717, 1.165) is 16.7 Å². The summed E-state index contributed by atoms with van der Waals surface area (Å²) in [4.78, 5) is 12.2. The molecule has 1 saturated heterocycles. The van der Waals surface area contributed by atoms with Gasteiger partial charge in [0.05, 0.1) is 32.8 Å². The van der Waals surface area contributed by atoms with E-state index in [0.29, 0.717) is 32.2 Å². The molecule has 2 aliphatic rings. The number of hydrogen-bond acceptors (Lipinski definition) is 6. The summed E-state index contributed by atoms with van der Waals surface area (Å²) in [5.74, 6) is 0.293. The quantitative estimate of drug-likeness (QED) is 0.377. The van der Waals surface area contributed by atoms with E-state index in [1.165, 1.54) is 0 Å². The largest absolute Gasteiger partial charge is 0.486 e. The zero-order valence-electron chi connectivity index (χ0n) is 20.0. The predicted molar refractivity (Wildman–Crippen MR) is 134 cm³/mol. The summed E-state index contributed by atoms with van der Waals surface area (Å²) < 4.78 is 30.9. The number of hydrogen-bond donors (Lipinski definition) is 0. The Labute approximate surface area is 211 Å². The summed E-state index contributed by atoms with van der Waals surface area (Å²) >= 11 is 0. The lowest BCUT2D eigenvalue weighted by Crippen LogP contribution is -2.57. The first-order chi connectivity index (χ1) is 17.8. The number of benzene rings is 3. The van der Waals surface area contributed by atoms with Gasteiger partial charge in [0, 0.05) is 0 Å². The number of fused-ring (bicyclic) bond motifs is 1. The molecule has 0 aromatic heterocycles. The molecule has 2 aliphatic heterocycles. The molecule has 1 fully saturated rings. The van der Waals surface area contributed by atoms with Crippen LogP contribution in [-0.4, -0.2) is 37.0 Å². The third-order valence-electron chi connectivity index (χ3n) is 6.25. The highest BCUT2D eigenvalue weighted by Gasteiger charge is 2.48. The smallest absolute Gasteiger partial charge is 0.310 e. The average Bonchev–Trinajstić information content (AvgIpc) is 2.93. The Morgan fingerprint density at radius 2 is 1.19 bits per heavy atom. The number of esters is 1. The fraction of sp³-hybridized carbons (Fsp3) is 0.300. The first kappa shape index (κ1) is 24.3. The van der Waals surface area contributed by atoms with Gasteiger partial charge in [-0.05, 0) is 22.8 Å². The molecule has 3 aromatic carbocycles. The first-order valence-electron chi connectivity index (χ1n) is 12.2. The van der Waals surface area contributed by atoms with E-state index < -0.39 is 24.4 Å². The second-order valence-electron chi connectivity index (χ2n) is 8.90. The zero-order chi connectivity index (χ0) is 24.6. The minimum absolute atomic E-state index is 0.171. The van der Waals surface area contributed by atoms with Crippen molar-refractivity contribution in [2.45, 2.75) is 50.7 Å². The van der Waals surface area contributed by atoms with E-state index in [2.05, 4.69) is 0 Å².